The number of morpholine rings is 1. The molecular formula is C21H34N4OS. The summed E-state index contributed by atoms with van der Waals surface area (Å²) in [6.45, 7) is 13.5. The number of nitrogens with zero attached hydrogens (tertiary/aromatic N) is 3. The Kier molecular flexibility index (Phi) is 8.30. The first-order chi connectivity index (χ1) is 13.2. The lowest BCUT2D eigenvalue weighted by Gasteiger charge is -2.29. The smallest absolute Gasteiger partial charge is 0.193 e. The van der Waals surface area contributed by atoms with Gasteiger partial charge in [0.2, 0.25) is 0 Å². The Morgan fingerprint density at radius 1 is 1.26 bits per heavy atom. The largest absolute Gasteiger partial charge is 0.379 e. The number of aliphatic imine (C=N–C) groups is 1. The van der Waals surface area contributed by atoms with Crippen molar-refractivity contribution in [1.29, 1.82) is 0 Å². The quantitative estimate of drug-likeness (QED) is 0.440. The van der Waals surface area contributed by atoms with Gasteiger partial charge in [-0.15, -0.1) is 11.8 Å². The number of hydrogen-bond acceptors (Lipinski definition) is 4. The lowest BCUT2D eigenvalue weighted by atomic mass is 10.1. The summed E-state index contributed by atoms with van der Waals surface area (Å²) in [7, 11) is 0. The molecule has 2 fully saturated rings. The fraction of sp³-hybridized carbons (Fsp3) is 0.667. The second-order valence-electron chi connectivity index (χ2n) is 7.45. The highest BCUT2D eigenvalue weighted by molar-refractivity contribution is 8.00. The van der Waals surface area contributed by atoms with E-state index in [4.69, 9.17) is 9.73 Å². The molecule has 2 saturated heterocycles. The average molecular weight is 391 g/mol. The molecule has 3 rings (SSSR count). The van der Waals surface area contributed by atoms with Crippen molar-refractivity contribution < 1.29 is 4.74 Å². The highest BCUT2D eigenvalue weighted by Crippen LogP contribution is 2.23. The number of likely N-dealkylation sites (tertiary alicyclic amines) is 1. The van der Waals surface area contributed by atoms with Gasteiger partial charge in [-0.3, -0.25) is 9.89 Å². The average Bonchev–Trinajstić information content (AvgIpc) is 3.15. The predicted octanol–water partition coefficient (Wildman–Crippen LogP) is 2.79. The number of guanidine groups is 1. The van der Waals surface area contributed by atoms with Crippen molar-refractivity contribution in [2.24, 2.45) is 10.9 Å². The van der Waals surface area contributed by atoms with Gasteiger partial charge in [0.25, 0.3) is 0 Å². The van der Waals surface area contributed by atoms with E-state index in [0.717, 1.165) is 64.4 Å². The van der Waals surface area contributed by atoms with Crippen LogP contribution in [0.15, 0.2) is 40.2 Å². The lowest BCUT2D eigenvalue weighted by Crippen LogP contribution is -2.42. The molecule has 0 amide bonds. The standard InChI is InChI=1S/C21H34N4OS/c1-3-22-21(23-15-18(2)27-20-7-5-4-6-8-20)25-10-9-19(17-25)16-24-11-13-26-14-12-24/h4-8,18-19H,3,9-17H2,1-2H3,(H,22,23). The lowest BCUT2D eigenvalue weighted by molar-refractivity contribution is 0.0315. The third-order valence-electron chi connectivity index (χ3n) is 5.12. The molecule has 0 spiro atoms. The maximum atomic E-state index is 5.47. The van der Waals surface area contributed by atoms with Gasteiger partial charge >= 0.3 is 0 Å². The van der Waals surface area contributed by atoms with E-state index in [2.05, 4.69) is 59.3 Å². The molecule has 27 heavy (non-hydrogen) atoms. The summed E-state index contributed by atoms with van der Waals surface area (Å²) in [4.78, 5) is 11.3. The monoisotopic (exact) mass is 390 g/mol. The second-order valence-corrected chi connectivity index (χ2v) is 8.96. The molecule has 2 aliphatic rings. The van der Waals surface area contributed by atoms with Crippen LogP contribution in [0.25, 0.3) is 0 Å². The van der Waals surface area contributed by atoms with E-state index >= 15 is 0 Å². The van der Waals surface area contributed by atoms with Crippen molar-refractivity contribution in [2.45, 2.75) is 30.4 Å². The van der Waals surface area contributed by atoms with Crippen molar-refractivity contribution in [1.82, 2.24) is 15.1 Å². The van der Waals surface area contributed by atoms with Gasteiger partial charge < -0.3 is 15.0 Å². The van der Waals surface area contributed by atoms with Crippen molar-refractivity contribution in [2.75, 3.05) is 59.0 Å². The van der Waals surface area contributed by atoms with Crippen molar-refractivity contribution in [3.8, 4) is 0 Å². The Balaban J connectivity index is 1.49. The molecule has 2 unspecified atom stereocenters. The first-order valence-electron chi connectivity index (χ1n) is 10.3. The fourth-order valence-corrected chi connectivity index (χ4v) is 4.66. The summed E-state index contributed by atoms with van der Waals surface area (Å²) < 4.78 is 5.47. The second kappa shape index (κ2) is 10.9. The van der Waals surface area contributed by atoms with Crippen molar-refractivity contribution in [3.63, 3.8) is 0 Å². The van der Waals surface area contributed by atoms with Crippen LogP contribution in [0.5, 0.6) is 0 Å². The van der Waals surface area contributed by atoms with Gasteiger partial charge in [0.05, 0.1) is 19.8 Å². The van der Waals surface area contributed by atoms with Gasteiger partial charge in [-0.1, -0.05) is 25.1 Å². The van der Waals surface area contributed by atoms with E-state index in [1.165, 1.54) is 17.9 Å². The normalized spacial score (nSPS) is 22.8. The van der Waals surface area contributed by atoms with E-state index in [1.54, 1.807) is 0 Å². The molecule has 0 aliphatic carbocycles. The van der Waals surface area contributed by atoms with E-state index in [9.17, 15) is 0 Å². The maximum absolute atomic E-state index is 5.47. The topological polar surface area (TPSA) is 40.1 Å². The zero-order valence-electron chi connectivity index (χ0n) is 16.8. The van der Waals surface area contributed by atoms with Gasteiger partial charge in [0.15, 0.2) is 5.96 Å². The van der Waals surface area contributed by atoms with Crippen LogP contribution in [0.1, 0.15) is 20.3 Å². The molecular weight excluding hydrogens is 356 g/mol. The van der Waals surface area contributed by atoms with Crippen LogP contribution in [0.3, 0.4) is 0 Å². The zero-order chi connectivity index (χ0) is 18.9. The van der Waals surface area contributed by atoms with Crippen LogP contribution < -0.4 is 5.32 Å². The maximum Gasteiger partial charge on any atom is 0.193 e. The molecule has 0 radical (unpaired) electrons. The Morgan fingerprint density at radius 2 is 2.04 bits per heavy atom. The summed E-state index contributed by atoms with van der Waals surface area (Å²) in [6.07, 6.45) is 1.26. The summed E-state index contributed by atoms with van der Waals surface area (Å²) in [5.41, 5.74) is 0. The molecule has 5 nitrogen and oxygen atoms in total. The SMILES string of the molecule is CCNC(=NCC(C)Sc1ccccc1)N1CCC(CN2CCOCC2)C1. The van der Waals surface area contributed by atoms with E-state index < -0.39 is 0 Å². The highest BCUT2D eigenvalue weighted by atomic mass is 32.2. The molecule has 1 aromatic carbocycles. The van der Waals surface area contributed by atoms with Crippen LogP contribution >= 0.6 is 11.8 Å². The first kappa shape index (κ1) is 20.5. The summed E-state index contributed by atoms with van der Waals surface area (Å²) in [6, 6.07) is 10.6. The van der Waals surface area contributed by atoms with Gasteiger partial charge in [-0.2, -0.15) is 0 Å². The molecule has 2 aliphatic heterocycles. The minimum absolute atomic E-state index is 0.466. The van der Waals surface area contributed by atoms with E-state index in [0.29, 0.717) is 5.25 Å². The molecule has 1 N–H and O–H groups in total. The number of hydrogen-bond donors (Lipinski definition) is 1. The van der Waals surface area contributed by atoms with Crippen LogP contribution in [-0.4, -0.2) is 80.0 Å². The minimum atomic E-state index is 0.466. The van der Waals surface area contributed by atoms with E-state index in [-0.39, 0.29) is 0 Å². The van der Waals surface area contributed by atoms with Gasteiger partial charge in [0.1, 0.15) is 0 Å². The molecule has 1 aromatic rings. The fourth-order valence-electron chi connectivity index (χ4n) is 3.73. The highest BCUT2D eigenvalue weighted by Gasteiger charge is 2.27. The summed E-state index contributed by atoms with van der Waals surface area (Å²) in [5, 5.41) is 3.97. The van der Waals surface area contributed by atoms with Crippen LogP contribution in [-0.2, 0) is 4.74 Å². The summed E-state index contributed by atoms with van der Waals surface area (Å²) in [5.74, 6) is 1.82. The van der Waals surface area contributed by atoms with Crippen LogP contribution in [0.2, 0.25) is 0 Å². The summed E-state index contributed by atoms with van der Waals surface area (Å²) >= 11 is 1.90. The number of ether oxygens (including phenoxy) is 1. The zero-order valence-corrected chi connectivity index (χ0v) is 17.6. The molecule has 150 valence electrons. The van der Waals surface area contributed by atoms with Crippen molar-refractivity contribution >= 4 is 17.7 Å². The molecule has 0 bridgehead atoms. The van der Waals surface area contributed by atoms with Crippen LogP contribution in [0, 0.1) is 5.92 Å². The first-order valence-corrected chi connectivity index (χ1v) is 11.2. The number of nitrogens with one attached hydrogen (secondary N) is 1. The molecule has 2 heterocycles. The molecule has 2 atom stereocenters. The molecule has 0 saturated carbocycles. The third kappa shape index (κ3) is 6.70. The Hall–Kier alpha value is -1.24. The Bertz CT molecular complexity index is 577. The van der Waals surface area contributed by atoms with Gasteiger partial charge in [0, 0.05) is 49.4 Å². The molecule has 6 heteroatoms. The van der Waals surface area contributed by atoms with Crippen molar-refractivity contribution in [3.05, 3.63) is 30.3 Å². The number of benzene rings is 1. The van der Waals surface area contributed by atoms with Crippen LogP contribution in [0.4, 0.5) is 0 Å². The van der Waals surface area contributed by atoms with Gasteiger partial charge in [-0.25, -0.2) is 0 Å². The predicted molar refractivity (Wildman–Crippen MR) is 115 cm³/mol. The Labute approximate surface area is 168 Å². The number of rotatable bonds is 7. The molecule has 0 aromatic heterocycles. The van der Waals surface area contributed by atoms with Gasteiger partial charge in [-0.05, 0) is 31.4 Å². The Morgan fingerprint density at radius 3 is 2.78 bits per heavy atom. The minimum Gasteiger partial charge on any atom is -0.379 e. The third-order valence-corrected chi connectivity index (χ3v) is 6.21. The van der Waals surface area contributed by atoms with E-state index in [1.807, 2.05) is 11.8 Å². The number of thioether (sulfide) groups is 1.